The average molecular weight is 382 g/mol. The highest BCUT2D eigenvalue weighted by atomic mass is 35.5. The number of halogens is 2. The molecule has 1 aliphatic heterocycles. The minimum Gasteiger partial charge on any atom is -0.342 e. The predicted molar refractivity (Wildman–Crippen MR) is 99.8 cm³/mol. The molecule has 0 spiro atoms. The first-order valence-electron chi connectivity index (χ1n) is 8.70. The van der Waals surface area contributed by atoms with E-state index >= 15 is 0 Å². The fourth-order valence-electron chi connectivity index (χ4n) is 3.11. The normalized spacial score (nSPS) is 15.2. The van der Waals surface area contributed by atoms with Crippen LogP contribution in [0.2, 0.25) is 0 Å². The van der Waals surface area contributed by atoms with Crippen LogP contribution in [0.3, 0.4) is 0 Å². The van der Waals surface area contributed by atoms with E-state index in [1.165, 1.54) is 23.4 Å². The number of carbonyl (C=O) groups is 1. The number of amides is 1. The molecule has 6 nitrogen and oxygen atoms in total. The molecule has 1 amide bonds. The summed E-state index contributed by atoms with van der Waals surface area (Å²) in [5.41, 5.74) is 1.28. The first kappa shape index (κ1) is 20.3. The smallest absolute Gasteiger partial charge is 0.225 e. The Kier molecular flexibility index (Phi) is 7.11. The van der Waals surface area contributed by atoms with Gasteiger partial charge in [-0.3, -0.25) is 4.79 Å². The van der Waals surface area contributed by atoms with Gasteiger partial charge in [-0.2, -0.15) is 5.10 Å². The van der Waals surface area contributed by atoms with Crippen molar-refractivity contribution in [3.63, 3.8) is 0 Å². The molecule has 1 fully saturated rings. The lowest BCUT2D eigenvalue weighted by Crippen LogP contribution is -2.45. The van der Waals surface area contributed by atoms with E-state index in [1.54, 1.807) is 6.07 Å². The largest absolute Gasteiger partial charge is 0.342 e. The van der Waals surface area contributed by atoms with E-state index in [0.29, 0.717) is 18.3 Å². The number of piperidine rings is 1. The fraction of sp³-hybridized carbons (Fsp3) is 0.500. The summed E-state index contributed by atoms with van der Waals surface area (Å²) in [5.74, 6) is -0.0395. The first-order valence-corrected chi connectivity index (χ1v) is 8.70. The molecule has 2 heterocycles. The molecule has 0 saturated carbocycles. The number of aromatic nitrogens is 3. The number of benzene rings is 1. The van der Waals surface area contributed by atoms with Crippen molar-refractivity contribution in [2.75, 3.05) is 13.1 Å². The molecular formula is C18H25ClFN5O. The highest BCUT2D eigenvalue weighted by Crippen LogP contribution is 2.16. The Labute approximate surface area is 159 Å². The molecule has 26 heavy (non-hydrogen) atoms. The van der Waals surface area contributed by atoms with E-state index < -0.39 is 0 Å². The topological polar surface area (TPSA) is 63.1 Å². The van der Waals surface area contributed by atoms with Crippen molar-refractivity contribution < 1.29 is 9.18 Å². The lowest BCUT2D eigenvalue weighted by Gasteiger charge is -2.33. The van der Waals surface area contributed by atoms with Crippen LogP contribution in [-0.4, -0.2) is 44.7 Å². The highest BCUT2D eigenvalue weighted by molar-refractivity contribution is 5.85. The summed E-state index contributed by atoms with van der Waals surface area (Å²) >= 11 is 0. The Balaban J connectivity index is 0.00000243. The number of hydrogen-bond donors (Lipinski definition) is 1. The van der Waals surface area contributed by atoms with Gasteiger partial charge in [-0.15, -0.1) is 12.4 Å². The number of rotatable bonds is 5. The molecule has 1 aromatic heterocycles. The molecule has 1 aliphatic rings. The first-order chi connectivity index (χ1) is 12.0. The number of nitrogens with zero attached hydrogens (tertiary/aromatic N) is 4. The van der Waals surface area contributed by atoms with E-state index in [1.807, 2.05) is 24.8 Å². The van der Waals surface area contributed by atoms with Crippen LogP contribution in [0.4, 0.5) is 4.39 Å². The fourth-order valence-corrected chi connectivity index (χ4v) is 3.11. The van der Waals surface area contributed by atoms with Gasteiger partial charge >= 0.3 is 0 Å². The molecule has 0 unspecified atom stereocenters. The van der Waals surface area contributed by atoms with Gasteiger partial charge in [0.15, 0.2) is 0 Å². The number of carbonyl (C=O) groups excluding carboxylic acids is 1. The van der Waals surface area contributed by atoms with Crippen molar-refractivity contribution in [2.24, 2.45) is 5.92 Å². The summed E-state index contributed by atoms with van der Waals surface area (Å²) in [5, 5.41) is 7.42. The summed E-state index contributed by atoms with van der Waals surface area (Å²) in [7, 11) is 0. The van der Waals surface area contributed by atoms with Gasteiger partial charge in [0.2, 0.25) is 5.91 Å². The quantitative estimate of drug-likeness (QED) is 0.864. The van der Waals surface area contributed by atoms with Gasteiger partial charge in [-0.25, -0.2) is 14.1 Å². The van der Waals surface area contributed by atoms with Gasteiger partial charge in [0.05, 0.1) is 0 Å². The van der Waals surface area contributed by atoms with Crippen molar-refractivity contribution in [3.05, 3.63) is 42.2 Å². The predicted octanol–water partition coefficient (Wildman–Crippen LogP) is 2.56. The summed E-state index contributed by atoms with van der Waals surface area (Å²) in [4.78, 5) is 17.8. The Hall–Kier alpha value is -1.99. The van der Waals surface area contributed by atoms with Gasteiger partial charge in [0.1, 0.15) is 24.2 Å². The summed E-state index contributed by atoms with van der Waals surface area (Å²) in [6.45, 7) is 6.05. The maximum Gasteiger partial charge on any atom is 0.225 e. The number of likely N-dealkylation sites (tertiary alicyclic amines) is 1. The molecule has 8 heteroatoms. The van der Waals surface area contributed by atoms with E-state index in [9.17, 15) is 9.18 Å². The third kappa shape index (κ3) is 4.80. The Morgan fingerprint density at radius 1 is 1.35 bits per heavy atom. The van der Waals surface area contributed by atoms with Gasteiger partial charge in [0.25, 0.3) is 0 Å². The van der Waals surface area contributed by atoms with Crippen LogP contribution in [0.1, 0.15) is 32.3 Å². The number of hydrogen-bond acceptors (Lipinski definition) is 4. The monoisotopic (exact) mass is 381 g/mol. The molecule has 3 rings (SSSR count). The second-order valence-corrected chi connectivity index (χ2v) is 6.76. The molecule has 142 valence electrons. The highest BCUT2D eigenvalue weighted by Gasteiger charge is 2.23. The molecule has 2 aromatic rings. The van der Waals surface area contributed by atoms with E-state index in [0.717, 1.165) is 31.5 Å². The Morgan fingerprint density at radius 3 is 2.65 bits per heavy atom. The Bertz CT molecular complexity index is 714. The van der Waals surface area contributed by atoms with Crippen LogP contribution in [0.25, 0.3) is 5.69 Å². The average Bonchev–Trinajstić information content (AvgIpc) is 3.14. The van der Waals surface area contributed by atoms with E-state index in [2.05, 4.69) is 15.4 Å². The summed E-state index contributed by atoms with van der Waals surface area (Å²) in [6, 6.07) is 5.49. The van der Waals surface area contributed by atoms with Crippen molar-refractivity contribution in [2.45, 2.75) is 39.3 Å². The van der Waals surface area contributed by atoms with Crippen molar-refractivity contribution in [1.82, 2.24) is 25.0 Å². The van der Waals surface area contributed by atoms with Crippen LogP contribution in [0.5, 0.6) is 0 Å². The van der Waals surface area contributed by atoms with Crippen LogP contribution < -0.4 is 5.32 Å². The Morgan fingerprint density at radius 2 is 2.08 bits per heavy atom. The van der Waals surface area contributed by atoms with Gasteiger partial charge in [-0.1, -0.05) is 19.9 Å². The maximum absolute atomic E-state index is 14.2. The third-order valence-corrected chi connectivity index (χ3v) is 4.57. The zero-order valence-corrected chi connectivity index (χ0v) is 15.9. The molecular weight excluding hydrogens is 357 g/mol. The van der Waals surface area contributed by atoms with Gasteiger partial charge in [-0.05, 0) is 30.5 Å². The second-order valence-electron chi connectivity index (χ2n) is 6.76. The molecule has 1 aromatic carbocycles. The van der Waals surface area contributed by atoms with Gasteiger partial charge in [0, 0.05) is 31.6 Å². The molecule has 1 saturated heterocycles. The minimum absolute atomic E-state index is 0. The minimum atomic E-state index is -0.317. The second kappa shape index (κ2) is 9.09. The van der Waals surface area contributed by atoms with Crippen molar-refractivity contribution >= 4 is 18.3 Å². The third-order valence-electron chi connectivity index (χ3n) is 4.57. The SMILES string of the molecule is CC(C)C(=O)N1CCC(NCc2ccc(-n3cncn3)c(F)c2)CC1.Cl. The van der Waals surface area contributed by atoms with Crippen molar-refractivity contribution in [1.29, 1.82) is 0 Å². The lowest BCUT2D eigenvalue weighted by molar-refractivity contribution is -0.135. The van der Waals surface area contributed by atoms with E-state index in [-0.39, 0.29) is 30.0 Å². The lowest BCUT2D eigenvalue weighted by atomic mass is 10.0. The zero-order chi connectivity index (χ0) is 17.8. The van der Waals surface area contributed by atoms with Crippen LogP contribution in [0, 0.1) is 11.7 Å². The standard InChI is InChI=1S/C18H24FN5O.ClH/c1-13(2)18(25)23-7-5-15(6-8-23)21-10-14-3-4-17(16(19)9-14)24-12-20-11-22-24;/h3-4,9,11-13,15,21H,5-8,10H2,1-2H3;1H. The molecule has 0 aliphatic carbocycles. The van der Waals surface area contributed by atoms with Crippen LogP contribution in [0.15, 0.2) is 30.9 Å². The molecule has 0 radical (unpaired) electrons. The molecule has 0 atom stereocenters. The molecule has 1 N–H and O–H groups in total. The van der Waals surface area contributed by atoms with E-state index in [4.69, 9.17) is 0 Å². The van der Waals surface area contributed by atoms with Crippen LogP contribution >= 0.6 is 12.4 Å². The molecule has 0 bridgehead atoms. The van der Waals surface area contributed by atoms with Crippen molar-refractivity contribution in [3.8, 4) is 5.69 Å². The zero-order valence-electron chi connectivity index (χ0n) is 15.1. The maximum atomic E-state index is 14.2. The number of nitrogens with one attached hydrogen (secondary N) is 1. The summed E-state index contributed by atoms with van der Waals surface area (Å²) in [6.07, 6.45) is 4.71. The van der Waals surface area contributed by atoms with Crippen LogP contribution in [-0.2, 0) is 11.3 Å². The van der Waals surface area contributed by atoms with Gasteiger partial charge < -0.3 is 10.2 Å². The summed E-state index contributed by atoms with van der Waals surface area (Å²) < 4.78 is 15.6.